The van der Waals surface area contributed by atoms with Crippen LogP contribution >= 0.6 is 0 Å². The number of carbonyl (C=O) groups is 4. The van der Waals surface area contributed by atoms with Gasteiger partial charge in [-0.1, -0.05) is 63.3 Å². The molecule has 3 fully saturated rings. The maximum Gasteiger partial charge on any atom is 0.259 e. The molecule has 14 heteroatoms. The Morgan fingerprint density at radius 2 is 1.81 bits per heavy atom. The van der Waals surface area contributed by atoms with Gasteiger partial charge in [0.05, 0.1) is 30.1 Å². The van der Waals surface area contributed by atoms with Gasteiger partial charge in [-0.05, 0) is 49.7 Å². The number of hydrogen-bond donors (Lipinski definition) is 3. The van der Waals surface area contributed by atoms with E-state index in [1.54, 1.807) is 19.3 Å². The molecule has 2 aliphatic heterocycles. The van der Waals surface area contributed by atoms with Crippen LogP contribution in [-0.4, -0.2) is 84.6 Å². The highest BCUT2D eigenvalue weighted by atomic mass is 32.2. The Morgan fingerprint density at radius 1 is 1.06 bits per heavy atom. The zero-order valence-corrected chi connectivity index (χ0v) is 31.8. The van der Waals surface area contributed by atoms with E-state index < -0.39 is 68.1 Å². The summed E-state index contributed by atoms with van der Waals surface area (Å²) >= 11 is 0. The summed E-state index contributed by atoms with van der Waals surface area (Å²) in [6.07, 6.45) is 5.40. The number of amides is 4. The lowest BCUT2D eigenvalue weighted by Gasteiger charge is -2.35. The van der Waals surface area contributed by atoms with Crippen LogP contribution in [0.5, 0.6) is 11.5 Å². The number of ether oxygens (including phenoxy) is 2. The first-order valence-corrected chi connectivity index (χ1v) is 20.1. The summed E-state index contributed by atoms with van der Waals surface area (Å²) in [5, 5.41) is 5.92. The van der Waals surface area contributed by atoms with Crippen LogP contribution in [0, 0.1) is 11.3 Å². The van der Waals surface area contributed by atoms with Crippen LogP contribution in [0.2, 0.25) is 0 Å². The van der Waals surface area contributed by atoms with Gasteiger partial charge in [0.25, 0.3) is 5.91 Å². The molecule has 4 aliphatic rings. The largest absolute Gasteiger partial charge is 0.497 e. The highest BCUT2D eigenvalue weighted by Crippen LogP contribution is 2.46. The molecule has 5 atom stereocenters. The standard InChI is InChI=1S/C40H47N5O8S/c1-39(2,3)35-37(48)45-23-27(53-33-21-30(24-11-7-5-8-12-24)41-31-19-26(52-4)15-18-29(31)33)20-32(45)36(47)43-40(38(49)44-54(50,51)28-16-17-28)22-25(40)13-9-6-10-14-34(46)42-35/h5,7-9,11-13,15,18-19,21,25,27-28,32,35H,6,10,14,16-17,20,22-23H2,1-4H3,(H,42,46)(H,43,47)(H,44,49)/b13-9-/t25-,27-,32+,35+,40+/m1/s1. The van der Waals surface area contributed by atoms with Gasteiger partial charge >= 0.3 is 0 Å². The fraction of sp³-hybridized carbons (Fsp3) is 0.475. The van der Waals surface area contributed by atoms with Gasteiger partial charge in [-0.3, -0.25) is 23.9 Å². The summed E-state index contributed by atoms with van der Waals surface area (Å²) in [5.41, 5.74) is -0.0722. The molecule has 1 saturated heterocycles. The number of methoxy groups -OCH3 is 1. The van der Waals surface area contributed by atoms with Crippen LogP contribution in [-0.2, 0) is 29.2 Å². The summed E-state index contributed by atoms with van der Waals surface area (Å²) in [5.74, 6) is -1.48. The van der Waals surface area contributed by atoms with Gasteiger partial charge in [0, 0.05) is 41.8 Å². The lowest BCUT2D eigenvalue weighted by Crippen LogP contribution is -2.60. The Labute approximate surface area is 315 Å². The van der Waals surface area contributed by atoms with Crippen LogP contribution < -0.4 is 24.8 Å². The summed E-state index contributed by atoms with van der Waals surface area (Å²) in [6, 6.07) is 14.9. The second-order valence-corrected chi connectivity index (χ2v) is 17.8. The van der Waals surface area contributed by atoms with Gasteiger partial charge in [0.2, 0.25) is 27.7 Å². The third-order valence-corrected chi connectivity index (χ3v) is 12.5. The normalized spacial score (nSPS) is 27.0. The molecule has 0 bridgehead atoms. The lowest BCUT2D eigenvalue weighted by atomic mass is 9.85. The van der Waals surface area contributed by atoms with Gasteiger partial charge in [0.1, 0.15) is 35.2 Å². The maximum absolute atomic E-state index is 14.6. The van der Waals surface area contributed by atoms with Gasteiger partial charge in [-0.15, -0.1) is 0 Å². The monoisotopic (exact) mass is 757 g/mol. The van der Waals surface area contributed by atoms with Crippen molar-refractivity contribution in [3.05, 3.63) is 66.7 Å². The molecule has 0 spiro atoms. The Bertz CT molecular complexity index is 2110. The number of sulfonamides is 1. The van der Waals surface area contributed by atoms with Crippen molar-refractivity contribution < 1.29 is 37.1 Å². The SMILES string of the molecule is COc1ccc2c(O[C@@H]3C[C@H]4C(=O)N[C@@]5(C(=O)NS(=O)(=O)C6CC6)C[C@H]5/C=C\CCCC(=O)N[C@H](C(C)(C)C)C(=O)N4C3)cc(-c3ccccc3)nc2c1. The molecule has 2 aliphatic carbocycles. The van der Waals surface area contributed by atoms with E-state index in [-0.39, 0.29) is 31.7 Å². The first-order chi connectivity index (χ1) is 25.7. The van der Waals surface area contributed by atoms with Crippen molar-refractivity contribution in [2.75, 3.05) is 13.7 Å². The van der Waals surface area contributed by atoms with E-state index >= 15 is 0 Å². The van der Waals surface area contributed by atoms with Gasteiger partial charge in [-0.2, -0.15) is 0 Å². The van der Waals surface area contributed by atoms with E-state index in [0.29, 0.717) is 53.8 Å². The quantitative estimate of drug-likeness (QED) is 0.301. The van der Waals surface area contributed by atoms with Crippen LogP contribution in [0.3, 0.4) is 0 Å². The van der Waals surface area contributed by atoms with E-state index in [2.05, 4.69) is 15.4 Å². The Morgan fingerprint density at radius 3 is 2.52 bits per heavy atom. The summed E-state index contributed by atoms with van der Waals surface area (Å²) < 4.78 is 40.1. The fourth-order valence-electron chi connectivity index (χ4n) is 7.37. The number of carbonyl (C=O) groups excluding carboxylic acids is 4. The van der Waals surface area contributed by atoms with Crippen LogP contribution in [0.4, 0.5) is 0 Å². The van der Waals surface area contributed by atoms with Crippen molar-refractivity contribution in [2.24, 2.45) is 11.3 Å². The zero-order valence-electron chi connectivity index (χ0n) is 31.0. The Hall–Kier alpha value is -4.98. The molecule has 0 unspecified atom stereocenters. The molecule has 0 radical (unpaired) electrons. The molecule has 1 aromatic heterocycles. The zero-order chi connectivity index (χ0) is 38.4. The van der Waals surface area contributed by atoms with E-state index in [0.717, 1.165) is 5.56 Å². The number of nitrogens with zero attached hydrogens (tertiary/aromatic N) is 2. The van der Waals surface area contributed by atoms with Gasteiger partial charge in [0.15, 0.2) is 0 Å². The molecule has 54 heavy (non-hydrogen) atoms. The molecule has 7 rings (SSSR count). The van der Waals surface area contributed by atoms with E-state index in [9.17, 15) is 27.6 Å². The molecule has 286 valence electrons. The molecule has 3 heterocycles. The minimum absolute atomic E-state index is 0.0125. The summed E-state index contributed by atoms with van der Waals surface area (Å²) in [7, 11) is -2.32. The van der Waals surface area contributed by atoms with Crippen LogP contribution in [0.15, 0.2) is 66.7 Å². The van der Waals surface area contributed by atoms with Crippen molar-refractivity contribution in [1.82, 2.24) is 25.2 Å². The molecule has 3 aromatic rings. The number of rotatable bonds is 7. The second kappa shape index (κ2) is 14.3. The first kappa shape index (κ1) is 37.3. The van der Waals surface area contributed by atoms with Crippen molar-refractivity contribution in [1.29, 1.82) is 0 Å². The van der Waals surface area contributed by atoms with Crippen LogP contribution in [0.1, 0.15) is 65.7 Å². The molecular formula is C40H47N5O8S. The van der Waals surface area contributed by atoms with Gasteiger partial charge < -0.3 is 25.0 Å². The first-order valence-electron chi connectivity index (χ1n) is 18.5. The van der Waals surface area contributed by atoms with E-state index in [1.165, 1.54) is 4.90 Å². The Balaban J connectivity index is 1.24. The average molecular weight is 758 g/mol. The van der Waals surface area contributed by atoms with E-state index in [4.69, 9.17) is 14.5 Å². The van der Waals surface area contributed by atoms with Crippen LogP contribution in [0.25, 0.3) is 22.2 Å². The van der Waals surface area contributed by atoms with Crippen molar-refractivity contribution >= 4 is 44.6 Å². The molecule has 2 aromatic carbocycles. The number of nitrogens with one attached hydrogen (secondary N) is 3. The molecule has 13 nitrogen and oxygen atoms in total. The number of hydrogen-bond acceptors (Lipinski definition) is 9. The minimum Gasteiger partial charge on any atom is -0.497 e. The number of pyridine rings is 1. The molecule has 4 amide bonds. The fourth-order valence-corrected chi connectivity index (χ4v) is 8.73. The Kier molecular flexibility index (Phi) is 9.92. The minimum atomic E-state index is -3.89. The third kappa shape index (κ3) is 7.66. The summed E-state index contributed by atoms with van der Waals surface area (Å²) in [4.78, 5) is 62.3. The highest BCUT2D eigenvalue weighted by molar-refractivity contribution is 7.91. The predicted octanol–water partition coefficient (Wildman–Crippen LogP) is 4.01. The van der Waals surface area contributed by atoms with Crippen molar-refractivity contribution in [2.45, 2.75) is 94.7 Å². The van der Waals surface area contributed by atoms with Crippen molar-refractivity contribution in [3.8, 4) is 22.8 Å². The van der Waals surface area contributed by atoms with E-state index in [1.807, 2.05) is 75.4 Å². The smallest absolute Gasteiger partial charge is 0.259 e. The number of allylic oxidation sites excluding steroid dienone is 1. The second-order valence-electron chi connectivity index (χ2n) is 15.9. The molecular weight excluding hydrogens is 711 g/mol. The van der Waals surface area contributed by atoms with Gasteiger partial charge in [-0.25, -0.2) is 13.4 Å². The average Bonchev–Trinajstić information content (AvgIpc) is 4.06. The topological polar surface area (TPSA) is 173 Å². The number of benzene rings is 2. The maximum atomic E-state index is 14.6. The third-order valence-electron chi connectivity index (χ3n) is 10.7. The predicted molar refractivity (Wildman–Crippen MR) is 202 cm³/mol. The lowest BCUT2D eigenvalue weighted by molar-refractivity contribution is -0.144. The van der Waals surface area contributed by atoms with Crippen molar-refractivity contribution in [3.63, 3.8) is 0 Å². The number of aromatic nitrogens is 1. The highest BCUT2D eigenvalue weighted by Gasteiger charge is 2.62. The molecule has 2 saturated carbocycles. The number of fused-ring (bicyclic) bond motifs is 3. The summed E-state index contributed by atoms with van der Waals surface area (Å²) in [6.45, 7) is 5.56. The molecule has 3 N–H and O–H groups in total.